The van der Waals surface area contributed by atoms with Gasteiger partial charge in [0.25, 0.3) is 0 Å². The molecule has 2 aromatic carbocycles. The van der Waals surface area contributed by atoms with Crippen LogP contribution in [0, 0.1) is 0 Å². The van der Waals surface area contributed by atoms with E-state index in [1.54, 1.807) is 30.2 Å². The number of carbonyl (C=O) groups excluding carboxylic acids is 1. The Morgan fingerprint density at radius 1 is 1.23 bits per heavy atom. The highest BCUT2D eigenvalue weighted by atomic mass is 32.2. The van der Waals surface area contributed by atoms with Crippen LogP contribution in [0.1, 0.15) is 35.5 Å². The first-order valence-electron chi connectivity index (χ1n) is 11.2. The lowest BCUT2D eigenvalue weighted by molar-refractivity contribution is -0.245. The second-order valence-corrected chi connectivity index (χ2v) is 9.01. The first-order chi connectivity index (χ1) is 17.1. The van der Waals surface area contributed by atoms with Crippen molar-refractivity contribution in [3.05, 3.63) is 84.2 Å². The Kier molecular flexibility index (Phi) is 8.54. The van der Waals surface area contributed by atoms with Gasteiger partial charge in [-0.1, -0.05) is 60.8 Å². The van der Waals surface area contributed by atoms with Crippen LogP contribution in [0.2, 0.25) is 0 Å². The summed E-state index contributed by atoms with van der Waals surface area (Å²) in [5.74, 6) is 0.687. The van der Waals surface area contributed by atoms with Gasteiger partial charge in [0, 0.05) is 30.5 Å². The number of amides is 1. The van der Waals surface area contributed by atoms with E-state index in [0.29, 0.717) is 17.9 Å². The minimum atomic E-state index is -0.585. The average molecular weight is 497 g/mol. The van der Waals surface area contributed by atoms with E-state index >= 15 is 0 Å². The predicted octanol–water partition coefficient (Wildman–Crippen LogP) is 4.38. The number of anilines is 1. The second kappa shape index (κ2) is 12.0. The van der Waals surface area contributed by atoms with Crippen LogP contribution in [0.5, 0.6) is 0 Å². The van der Waals surface area contributed by atoms with Gasteiger partial charge in [0.2, 0.25) is 0 Å². The van der Waals surface area contributed by atoms with Crippen molar-refractivity contribution in [1.82, 2.24) is 14.8 Å². The smallest absolute Gasteiger partial charge is 0.411 e. The Balaban J connectivity index is 1.48. The molecule has 1 aliphatic heterocycles. The Bertz CT molecular complexity index is 1120. The van der Waals surface area contributed by atoms with E-state index < -0.39 is 12.4 Å². The van der Waals surface area contributed by atoms with E-state index in [1.165, 1.54) is 6.08 Å². The van der Waals surface area contributed by atoms with Gasteiger partial charge < -0.3 is 23.9 Å². The third kappa shape index (κ3) is 6.70. The Hall–Kier alpha value is -3.18. The minimum absolute atomic E-state index is 0.00395. The molecule has 1 saturated heterocycles. The molecule has 2 N–H and O–H groups in total. The summed E-state index contributed by atoms with van der Waals surface area (Å²) < 4.78 is 19.5. The summed E-state index contributed by atoms with van der Waals surface area (Å²) in [4.78, 5) is 11.8. The van der Waals surface area contributed by atoms with Crippen LogP contribution in [0.25, 0.3) is 0 Å². The molecule has 0 bridgehead atoms. The molecule has 2 heterocycles. The van der Waals surface area contributed by atoms with E-state index in [4.69, 9.17) is 14.2 Å². The molecule has 0 aliphatic carbocycles. The number of aliphatic hydroxyl groups is 1. The molecule has 1 aromatic heterocycles. The van der Waals surface area contributed by atoms with Gasteiger partial charge in [0.15, 0.2) is 11.4 Å². The number of thioether (sulfide) groups is 1. The van der Waals surface area contributed by atoms with E-state index in [0.717, 1.165) is 21.8 Å². The molecular weight excluding hydrogens is 468 g/mol. The zero-order valence-corrected chi connectivity index (χ0v) is 20.2. The summed E-state index contributed by atoms with van der Waals surface area (Å²) in [7, 11) is 1.91. The molecule has 3 atom stereocenters. The van der Waals surface area contributed by atoms with Gasteiger partial charge in [-0.15, -0.1) is 10.2 Å². The maximum atomic E-state index is 11.8. The summed E-state index contributed by atoms with van der Waals surface area (Å²) >= 11 is 1.58. The average Bonchev–Trinajstić information content (AvgIpc) is 3.31. The molecule has 4 rings (SSSR count). The monoisotopic (exact) mass is 496 g/mol. The normalized spacial score (nSPS) is 19.8. The van der Waals surface area contributed by atoms with Gasteiger partial charge >= 0.3 is 6.09 Å². The van der Waals surface area contributed by atoms with Gasteiger partial charge in [0.1, 0.15) is 12.9 Å². The van der Waals surface area contributed by atoms with Crippen LogP contribution >= 0.6 is 11.8 Å². The summed E-state index contributed by atoms with van der Waals surface area (Å²) in [6, 6.07) is 15.0. The molecule has 0 radical (unpaired) electrons. The van der Waals surface area contributed by atoms with Crippen LogP contribution in [0.4, 0.5) is 10.5 Å². The second-order valence-electron chi connectivity index (χ2n) is 8.02. The predicted molar refractivity (Wildman–Crippen MR) is 132 cm³/mol. The van der Waals surface area contributed by atoms with Crippen molar-refractivity contribution < 1.29 is 24.1 Å². The number of carbonyl (C=O) groups is 1. The quantitative estimate of drug-likeness (QED) is 0.332. The number of aromatic nitrogens is 3. The van der Waals surface area contributed by atoms with Crippen molar-refractivity contribution in [1.29, 1.82) is 0 Å². The minimum Gasteiger partial charge on any atom is -0.445 e. The largest absolute Gasteiger partial charge is 0.445 e. The van der Waals surface area contributed by atoms with E-state index in [9.17, 15) is 9.90 Å². The maximum Gasteiger partial charge on any atom is 0.411 e. The molecule has 184 valence electrons. The fraction of sp³-hybridized carbons (Fsp3) is 0.320. The first kappa shape index (κ1) is 24.9. The van der Waals surface area contributed by atoms with Crippen molar-refractivity contribution in [2.75, 3.05) is 17.7 Å². The summed E-state index contributed by atoms with van der Waals surface area (Å²) in [5.41, 5.74) is 3.30. The highest BCUT2D eigenvalue weighted by Crippen LogP contribution is 2.39. The first-order valence-corrected chi connectivity index (χ1v) is 12.2. The third-order valence-corrected chi connectivity index (χ3v) is 6.61. The molecule has 1 amide bonds. The topological polar surface area (TPSA) is 108 Å². The van der Waals surface area contributed by atoms with Crippen molar-refractivity contribution in [3.63, 3.8) is 0 Å². The molecule has 9 nitrogen and oxygen atoms in total. The number of aryl methyl sites for hydroxylation is 1. The van der Waals surface area contributed by atoms with Gasteiger partial charge in [-0.05, 0) is 23.3 Å². The standard InChI is InChI=1S/C25H28N4O5S/c1-3-12-32-25(31)27-20-10-8-19(9-11-20)23-33-21(15-35-24-28-26-16-29(24)2)13-22(34-23)18-6-4-17(14-30)5-7-18/h3-11,16,21-23,30H,1,12-15H2,2H3,(H,27,31)/t21-,22+,23+/m1/s1. The van der Waals surface area contributed by atoms with Crippen LogP contribution in [0.3, 0.4) is 0 Å². The summed E-state index contributed by atoms with van der Waals surface area (Å²) in [6.07, 6.45) is 2.45. The van der Waals surface area contributed by atoms with Crippen LogP contribution in [-0.4, -0.2) is 44.4 Å². The molecule has 0 spiro atoms. The highest BCUT2D eigenvalue weighted by molar-refractivity contribution is 7.99. The van der Waals surface area contributed by atoms with Gasteiger partial charge in [-0.3, -0.25) is 5.32 Å². The Morgan fingerprint density at radius 3 is 2.63 bits per heavy atom. The van der Waals surface area contributed by atoms with Gasteiger partial charge in [-0.2, -0.15) is 0 Å². The van der Waals surface area contributed by atoms with E-state index in [2.05, 4.69) is 22.1 Å². The maximum absolute atomic E-state index is 11.8. The zero-order chi connectivity index (χ0) is 24.6. The molecular formula is C25H28N4O5S. The number of nitrogens with one attached hydrogen (secondary N) is 1. The Morgan fingerprint density at radius 2 is 1.97 bits per heavy atom. The fourth-order valence-electron chi connectivity index (χ4n) is 3.61. The number of hydrogen-bond acceptors (Lipinski definition) is 8. The van der Waals surface area contributed by atoms with E-state index in [1.807, 2.05) is 48.0 Å². The molecule has 0 saturated carbocycles. The summed E-state index contributed by atoms with van der Waals surface area (Å²) in [5, 5.41) is 20.9. The molecule has 10 heteroatoms. The van der Waals surface area contributed by atoms with Crippen molar-refractivity contribution in [2.45, 2.75) is 36.7 Å². The van der Waals surface area contributed by atoms with Crippen LogP contribution < -0.4 is 5.32 Å². The lowest BCUT2D eigenvalue weighted by atomic mass is 10.0. The molecule has 35 heavy (non-hydrogen) atoms. The number of ether oxygens (including phenoxy) is 3. The number of hydrogen-bond donors (Lipinski definition) is 2. The molecule has 1 fully saturated rings. The van der Waals surface area contributed by atoms with Crippen molar-refractivity contribution >= 4 is 23.5 Å². The summed E-state index contributed by atoms with van der Waals surface area (Å²) in [6.45, 7) is 3.66. The Labute approximate surface area is 208 Å². The van der Waals surface area contributed by atoms with Crippen molar-refractivity contribution in [2.24, 2.45) is 7.05 Å². The number of rotatable bonds is 9. The van der Waals surface area contributed by atoms with Crippen LogP contribution in [0.15, 0.2) is 72.7 Å². The number of aliphatic hydroxyl groups excluding tert-OH is 1. The lowest BCUT2D eigenvalue weighted by Crippen LogP contribution is -2.31. The van der Waals surface area contributed by atoms with E-state index in [-0.39, 0.29) is 25.4 Å². The van der Waals surface area contributed by atoms with Gasteiger partial charge in [0.05, 0.1) is 18.8 Å². The highest BCUT2D eigenvalue weighted by Gasteiger charge is 2.32. The SMILES string of the molecule is C=CCOC(=O)Nc1ccc([C@H]2O[C@@H](CSc3nncn3C)C[C@@H](c3ccc(CO)cc3)O2)cc1. The lowest BCUT2D eigenvalue weighted by Gasteiger charge is -2.36. The molecule has 0 unspecified atom stereocenters. The molecule has 3 aromatic rings. The number of benzene rings is 2. The van der Waals surface area contributed by atoms with Crippen LogP contribution in [-0.2, 0) is 27.9 Å². The number of nitrogens with zero attached hydrogens (tertiary/aromatic N) is 3. The van der Waals surface area contributed by atoms with Crippen molar-refractivity contribution in [3.8, 4) is 0 Å². The zero-order valence-electron chi connectivity index (χ0n) is 19.4. The van der Waals surface area contributed by atoms with Gasteiger partial charge in [-0.25, -0.2) is 4.79 Å². The molecule has 1 aliphatic rings. The fourth-order valence-corrected chi connectivity index (χ4v) is 4.51. The third-order valence-electron chi connectivity index (χ3n) is 5.44.